The van der Waals surface area contributed by atoms with Gasteiger partial charge in [-0.05, 0) is 36.4 Å². The molecule has 0 saturated carbocycles. The molecule has 2 aromatic heterocycles. The molecular weight excluding hydrogens is 334 g/mol. The first-order chi connectivity index (χ1) is 12.3. The second-order valence-electron chi connectivity index (χ2n) is 5.24. The number of hydrogen-bond acceptors (Lipinski definition) is 7. The number of hydrogen-bond donors (Lipinski definition) is 2. The Balaban J connectivity index is 1.62. The molecule has 4 aromatic rings. The molecule has 25 heavy (non-hydrogen) atoms. The van der Waals surface area contributed by atoms with Crippen molar-refractivity contribution in [3.05, 3.63) is 60.9 Å². The molecule has 2 aromatic carbocycles. The van der Waals surface area contributed by atoms with Gasteiger partial charge >= 0.3 is 0 Å². The molecule has 2 N–H and O–H groups in total. The van der Waals surface area contributed by atoms with Gasteiger partial charge in [0.05, 0.1) is 7.11 Å². The van der Waals surface area contributed by atoms with Crippen LogP contribution in [-0.2, 0) is 0 Å². The van der Waals surface area contributed by atoms with E-state index in [4.69, 9.17) is 4.74 Å². The number of ether oxygens (including phenoxy) is 1. The Morgan fingerprint density at radius 3 is 2.40 bits per heavy atom. The molecule has 0 fully saturated rings. The number of anilines is 4. The summed E-state index contributed by atoms with van der Waals surface area (Å²) in [5.41, 5.74) is 2.63. The molecular formula is C18H15N5OS. The van der Waals surface area contributed by atoms with Crippen LogP contribution in [-0.4, -0.2) is 22.1 Å². The molecule has 0 amide bonds. The fourth-order valence-corrected chi connectivity index (χ4v) is 3.18. The van der Waals surface area contributed by atoms with Gasteiger partial charge in [-0.3, -0.25) is 0 Å². The first-order valence-electron chi connectivity index (χ1n) is 7.66. The number of para-hydroxylation sites is 1. The fourth-order valence-electron chi connectivity index (χ4n) is 2.35. The summed E-state index contributed by atoms with van der Waals surface area (Å²) in [6.45, 7) is 0. The minimum Gasteiger partial charge on any atom is -0.497 e. The Kier molecular flexibility index (Phi) is 4.14. The molecule has 0 radical (unpaired) electrons. The summed E-state index contributed by atoms with van der Waals surface area (Å²) in [4.78, 5) is 14.1. The second-order valence-corrected chi connectivity index (χ2v) is 6.22. The maximum Gasteiger partial charge on any atom is 0.189 e. The van der Waals surface area contributed by atoms with Gasteiger partial charge in [-0.1, -0.05) is 29.5 Å². The van der Waals surface area contributed by atoms with E-state index in [2.05, 4.69) is 25.6 Å². The molecule has 6 nitrogen and oxygen atoms in total. The summed E-state index contributed by atoms with van der Waals surface area (Å²) in [6, 6.07) is 17.6. The maximum absolute atomic E-state index is 5.18. The highest BCUT2D eigenvalue weighted by Gasteiger charge is 2.11. The standard InChI is InChI=1S/C18H15N5OS/c1-24-14-9-7-13(8-10-14)21-16-15-17(20-11-19-16)25-18(23-15)22-12-5-3-2-4-6-12/h2-11H,1H3,(H,22,23)(H,19,20,21). The Hall–Kier alpha value is -3.19. The van der Waals surface area contributed by atoms with Crippen molar-refractivity contribution in [1.29, 1.82) is 0 Å². The molecule has 0 bridgehead atoms. The van der Waals surface area contributed by atoms with Crippen molar-refractivity contribution in [3.63, 3.8) is 0 Å². The molecule has 0 unspecified atom stereocenters. The van der Waals surface area contributed by atoms with Gasteiger partial charge in [0.15, 0.2) is 15.8 Å². The molecule has 0 aliphatic rings. The van der Waals surface area contributed by atoms with E-state index in [1.54, 1.807) is 13.4 Å². The van der Waals surface area contributed by atoms with E-state index in [9.17, 15) is 0 Å². The minimum absolute atomic E-state index is 0.674. The molecule has 0 aliphatic carbocycles. The smallest absolute Gasteiger partial charge is 0.189 e. The van der Waals surface area contributed by atoms with E-state index in [1.165, 1.54) is 11.3 Å². The van der Waals surface area contributed by atoms with E-state index in [-0.39, 0.29) is 0 Å². The zero-order chi connectivity index (χ0) is 17.1. The number of benzene rings is 2. The number of rotatable bonds is 5. The highest BCUT2D eigenvalue weighted by atomic mass is 32.1. The predicted octanol–water partition coefficient (Wildman–Crippen LogP) is 4.58. The van der Waals surface area contributed by atoms with E-state index in [0.717, 1.165) is 32.6 Å². The van der Waals surface area contributed by atoms with Crippen LogP contribution in [0.5, 0.6) is 5.75 Å². The summed E-state index contributed by atoms with van der Waals surface area (Å²) in [6.07, 6.45) is 1.54. The Morgan fingerprint density at radius 2 is 1.64 bits per heavy atom. The van der Waals surface area contributed by atoms with Crippen LogP contribution in [0.4, 0.5) is 22.3 Å². The minimum atomic E-state index is 0.674. The van der Waals surface area contributed by atoms with Crippen molar-refractivity contribution in [2.24, 2.45) is 0 Å². The maximum atomic E-state index is 5.18. The van der Waals surface area contributed by atoms with E-state index in [1.807, 2.05) is 54.6 Å². The average Bonchev–Trinajstić information content (AvgIpc) is 3.07. The van der Waals surface area contributed by atoms with Gasteiger partial charge in [0.1, 0.15) is 17.6 Å². The van der Waals surface area contributed by atoms with Crippen LogP contribution in [0.2, 0.25) is 0 Å². The number of nitrogens with zero attached hydrogens (tertiary/aromatic N) is 3. The number of nitrogens with one attached hydrogen (secondary N) is 2. The van der Waals surface area contributed by atoms with Gasteiger partial charge < -0.3 is 15.4 Å². The fraction of sp³-hybridized carbons (Fsp3) is 0.0556. The van der Waals surface area contributed by atoms with Crippen molar-refractivity contribution in [2.75, 3.05) is 17.7 Å². The molecule has 7 heteroatoms. The van der Waals surface area contributed by atoms with Crippen LogP contribution in [0.1, 0.15) is 0 Å². The van der Waals surface area contributed by atoms with Gasteiger partial charge in [0, 0.05) is 11.4 Å². The lowest BCUT2D eigenvalue weighted by atomic mass is 10.3. The van der Waals surface area contributed by atoms with E-state index >= 15 is 0 Å². The zero-order valence-electron chi connectivity index (χ0n) is 13.4. The second kappa shape index (κ2) is 6.74. The van der Waals surface area contributed by atoms with Crippen molar-refractivity contribution < 1.29 is 4.74 Å². The van der Waals surface area contributed by atoms with Gasteiger partial charge in [0.25, 0.3) is 0 Å². The average molecular weight is 349 g/mol. The molecule has 0 atom stereocenters. The lowest BCUT2D eigenvalue weighted by molar-refractivity contribution is 0.415. The van der Waals surface area contributed by atoms with Crippen LogP contribution in [0, 0.1) is 0 Å². The predicted molar refractivity (Wildman–Crippen MR) is 101 cm³/mol. The van der Waals surface area contributed by atoms with Crippen molar-refractivity contribution in [1.82, 2.24) is 15.0 Å². The molecule has 0 spiro atoms. The zero-order valence-corrected chi connectivity index (χ0v) is 14.2. The summed E-state index contributed by atoms with van der Waals surface area (Å²) < 4.78 is 5.18. The normalized spacial score (nSPS) is 10.6. The van der Waals surface area contributed by atoms with Crippen LogP contribution in [0.15, 0.2) is 60.9 Å². The number of aromatic nitrogens is 3. The lowest BCUT2D eigenvalue weighted by Crippen LogP contribution is -1.96. The van der Waals surface area contributed by atoms with Crippen LogP contribution in [0.25, 0.3) is 10.3 Å². The number of methoxy groups -OCH3 is 1. The molecule has 124 valence electrons. The SMILES string of the molecule is COc1ccc(Nc2ncnc3sc(Nc4ccccc4)nc23)cc1. The van der Waals surface area contributed by atoms with Gasteiger partial charge in [-0.15, -0.1) is 0 Å². The van der Waals surface area contributed by atoms with Gasteiger partial charge in [0.2, 0.25) is 0 Å². The summed E-state index contributed by atoms with van der Waals surface area (Å²) >= 11 is 1.49. The Bertz CT molecular complexity index is 985. The molecule has 2 heterocycles. The quantitative estimate of drug-likeness (QED) is 0.549. The van der Waals surface area contributed by atoms with E-state index < -0.39 is 0 Å². The van der Waals surface area contributed by atoms with Crippen molar-refractivity contribution >= 4 is 44.0 Å². The van der Waals surface area contributed by atoms with Crippen LogP contribution >= 0.6 is 11.3 Å². The summed E-state index contributed by atoms with van der Waals surface area (Å²) in [7, 11) is 1.65. The third kappa shape index (κ3) is 3.36. The number of fused-ring (bicyclic) bond motifs is 1. The summed E-state index contributed by atoms with van der Waals surface area (Å²) in [5.74, 6) is 1.48. The van der Waals surface area contributed by atoms with E-state index in [0.29, 0.717) is 5.82 Å². The van der Waals surface area contributed by atoms with Crippen molar-refractivity contribution in [2.45, 2.75) is 0 Å². The topological polar surface area (TPSA) is 72.0 Å². The number of thiazole rings is 1. The van der Waals surface area contributed by atoms with Gasteiger partial charge in [-0.2, -0.15) is 0 Å². The molecule has 0 saturated heterocycles. The monoisotopic (exact) mass is 349 g/mol. The lowest BCUT2D eigenvalue weighted by Gasteiger charge is -2.06. The van der Waals surface area contributed by atoms with Crippen LogP contribution in [0.3, 0.4) is 0 Å². The van der Waals surface area contributed by atoms with Crippen LogP contribution < -0.4 is 15.4 Å². The molecule has 4 rings (SSSR count). The highest BCUT2D eigenvalue weighted by Crippen LogP contribution is 2.31. The van der Waals surface area contributed by atoms with Gasteiger partial charge in [-0.25, -0.2) is 15.0 Å². The van der Waals surface area contributed by atoms with Crippen molar-refractivity contribution in [3.8, 4) is 5.75 Å². The first-order valence-corrected chi connectivity index (χ1v) is 8.48. The highest BCUT2D eigenvalue weighted by molar-refractivity contribution is 7.21. The Labute approximate surface area is 148 Å². The summed E-state index contributed by atoms with van der Waals surface area (Å²) in [5, 5.41) is 7.36. The largest absolute Gasteiger partial charge is 0.497 e. The molecule has 0 aliphatic heterocycles. The first kappa shape index (κ1) is 15.3. The third-order valence-electron chi connectivity index (χ3n) is 3.57. The third-order valence-corrected chi connectivity index (χ3v) is 4.45. The Morgan fingerprint density at radius 1 is 0.880 bits per heavy atom.